The number of amides is 3. The van der Waals surface area contributed by atoms with E-state index in [1.807, 2.05) is 17.0 Å². The lowest BCUT2D eigenvalue weighted by Gasteiger charge is -2.33. The van der Waals surface area contributed by atoms with Crippen LogP contribution >= 0.6 is 0 Å². The second kappa shape index (κ2) is 8.78. The highest BCUT2D eigenvalue weighted by molar-refractivity contribution is 5.95. The van der Waals surface area contributed by atoms with Crippen LogP contribution < -0.4 is 10.6 Å². The fourth-order valence-corrected chi connectivity index (χ4v) is 3.35. The van der Waals surface area contributed by atoms with E-state index in [4.69, 9.17) is 0 Å². The quantitative estimate of drug-likeness (QED) is 0.674. The van der Waals surface area contributed by atoms with Gasteiger partial charge in [-0.1, -0.05) is 12.1 Å². The molecule has 0 bridgehead atoms. The maximum atomic E-state index is 12.4. The van der Waals surface area contributed by atoms with Crippen LogP contribution in [0.2, 0.25) is 0 Å². The van der Waals surface area contributed by atoms with Gasteiger partial charge in [-0.25, -0.2) is 0 Å². The summed E-state index contributed by atoms with van der Waals surface area (Å²) in [7, 11) is 0. The van der Waals surface area contributed by atoms with E-state index in [0.717, 1.165) is 31.2 Å². The van der Waals surface area contributed by atoms with Gasteiger partial charge < -0.3 is 15.5 Å². The smallest absolute Gasteiger partial charge is 0.251 e. The molecule has 154 valence electrons. The fourth-order valence-electron chi connectivity index (χ4n) is 3.35. The molecule has 3 amide bonds. The largest absolute Gasteiger partial charge is 0.352 e. The van der Waals surface area contributed by atoms with E-state index >= 15 is 0 Å². The van der Waals surface area contributed by atoms with Crippen LogP contribution in [0.15, 0.2) is 30.3 Å². The molecule has 2 N–H and O–H groups in total. The Morgan fingerprint density at radius 2 is 1.52 bits per heavy atom. The Labute approximate surface area is 171 Å². The SMILES string of the molecule is O=C(CN1CCN(C(=O)/C=C/c2ccc(C(=O)NC3CC3)cc2)CC1)NC1CC1. The van der Waals surface area contributed by atoms with Gasteiger partial charge in [0, 0.05) is 49.9 Å². The number of hydrogen-bond donors (Lipinski definition) is 2. The summed E-state index contributed by atoms with van der Waals surface area (Å²) in [5.74, 6) is 0.0202. The standard InChI is InChI=1S/C22H28N4O3/c27-20(23-18-6-7-18)15-25-11-13-26(14-12-25)21(28)10-3-16-1-4-17(5-2-16)22(29)24-19-8-9-19/h1-5,10,18-19H,6-9,11-15H2,(H,23,27)(H,24,29)/b10-3+. The van der Waals surface area contributed by atoms with E-state index in [1.54, 1.807) is 24.3 Å². The third kappa shape index (κ3) is 5.90. The number of nitrogens with zero attached hydrogens (tertiary/aromatic N) is 2. The van der Waals surface area contributed by atoms with E-state index in [1.165, 1.54) is 0 Å². The van der Waals surface area contributed by atoms with Crippen molar-refractivity contribution in [2.45, 2.75) is 37.8 Å². The third-order valence-electron chi connectivity index (χ3n) is 5.50. The molecule has 3 fully saturated rings. The van der Waals surface area contributed by atoms with Crippen molar-refractivity contribution in [1.82, 2.24) is 20.4 Å². The molecule has 1 aliphatic heterocycles. The third-order valence-corrected chi connectivity index (χ3v) is 5.50. The lowest BCUT2D eigenvalue weighted by atomic mass is 10.1. The predicted molar refractivity (Wildman–Crippen MR) is 110 cm³/mol. The van der Waals surface area contributed by atoms with Gasteiger partial charge in [0.2, 0.25) is 11.8 Å². The number of rotatable bonds is 7. The minimum absolute atomic E-state index is 0.0253. The minimum atomic E-state index is -0.0391. The zero-order chi connectivity index (χ0) is 20.2. The summed E-state index contributed by atoms with van der Waals surface area (Å²) >= 11 is 0. The Kier molecular flexibility index (Phi) is 5.94. The maximum Gasteiger partial charge on any atom is 0.251 e. The zero-order valence-electron chi connectivity index (χ0n) is 16.6. The minimum Gasteiger partial charge on any atom is -0.352 e. The van der Waals surface area contributed by atoms with Crippen LogP contribution in [-0.4, -0.2) is 72.3 Å². The summed E-state index contributed by atoms with van der Waals surface area (Å²) in [5, 5.41) is 5.96. The van der Waals surface area contributed by atoms with E-state index < -0.39 is 0 Å². The highest BCUT2D eigenvalue weighted by Gasteiger charge is 2.26. The summed E-state index contributed by atoms with van der Waals surface area (Å²) in [6.45, 7) is 3.08. The highest BCUT2D eigenvalue weighted by Crippen LogP contribution is 2.20. The van der Waals surface area contributed by atoms with Crippen LogP contribution in [0, 0.1) is 0 Å². The molecule has 4 rings (SSSR count). The Morgan fingerprint density at radius 3 is 2.14 bits per heavy atom. The predicted octanol–water partition coefficient (Wildman–Crippen LogP) is 1.01. The van der Waals surface area contributed by atoms with Gasteiger partial charge in [0.1, 0.15) is 0 Å². The number of carbonyl (C=O) groups is 3. The van der Waals surface area contributed by atoms with Gasteiger partial charge >= 0.3 is 0 Å². The molecule has 1 saturated heterocycles. The lowest BCUT2D eigenvalue weighted by molar-refractivity contribution is -0.128. The number of hydrogen-bond acceptors (Lipinski definition) is 4. The molecule has 0 aromatic heterocycles. The monoisotopic (exact) mass is 396 g/mol. The molecule has 1 aromatic rings. The van der Waals surface area contributed by atoms with Crippen LogP contribution in [0.25, 0.3) is 6.08 Å². The van der Waals surface area contributed by atoms with Crippen LogP contribution in [0.1, 0.15) is 41.6 Å². The van der Waals surface area contributed by atoms with Crippen molar-refractivity contribution in [3.63, 3.8) is 0 Å². The molecule has 1 aromatic carbocycles. The van der Waals surface area contributed by atoms with E-state index in [9.17, 15) is 14.4 Å². The first-order valence-electron chi connectivity index (χ1n) is 10.5. The van der Waals surface area contributed by atoms with Crippen molar-refractivity contribution in [2.24, 2.45) is 0 Å². The summed E-state index contributed by atoms with van der Waals surface area (Å²) < 4.78 is 0. The molecular formula is C22H28N4O3. The second-order valence-electron chi connectivity index (χ2n) is 8.15. The Morgan fingerprint density at radius 1 is 0.897 bits per heavy atom. The summed E-state index contributed by atoms with van der Waals surface area (Å²) in [6.07, 6.45) is 7.68. The molecule has 0 spiro atoms. The Bertz CT molecular complexity index is 789. The lowest BCUT2D eigenvalue weighted by Crippen LogP contribution is -2.51. The number of carbonyl (C=O) groups excluding carboxylic acids is 3. The summed E-state index contributed by atoms with van der Waals surface area (Å²) in [4.78, 5) is 40.2. The average Bonchev–Trinajstić information content (AvgIpc) is 3.64. The van der Waals surface area contributed by atoms with E-state index in [-0.39, 0.29) is 17.7 Å². The fraction of sp³-hybridized carbons (Fsp3) is 0.500. The molecule has 1 heterocycles. The van der Waals surface area contributed by atoms with Gasteiger partial charge in [-0.05, 0) is 49.5 Å². The van der Waals surface area contributed by atoms with Crippen LogP contribution in [0.5, 0.6) is 0 Å². The summed E-state index contributed by atoms with van der Waals surface area (Å²) in [6, 6.07) is 8.00. The molecule has 0 atom stereocenters. The molecule has 29 heavy (non-hydrogen) atoms. The van der Waals surface area contributed by atoms with Gasteiger partial charge in [0.15, 0.2) is 0 Å². The first-order chi connectivity index (χ1) is 14.1. The first kappa shape index (κ1) is 19.6. The molecule has 3 aliphatic rings. The van der Waals surface area contributed by atoms with E-state index in [0.29, 0.717) is 50.4 Å². The van der Waals surface area contributed by atoms with Crippen molar-refractivity contribution in [3.8, 4) is 0 Å². The second-order valence-corrected chi connectivity index (χ2v) is 8.15. The molecule has 7 heteroatoms. The van der Waals surface area contributed by atoms with Crippen molar-refractivity contribution >= 4 is 23.8 Å². The molecule has 0 radical (unpaired) electrons. The molecule has 2 aliphatic carbocycles. The van der Waals surface area contributed by atoms with Gasteiger partial charge in [0.25, 0.3) is 5.91 Å². The van der Waals surface area contributed by atoms with Crippen molar-refractivity contribution < 1.29 is 14.4 Å². The Balaban J connectivity index is 1.21. The Hall–Kier alpha value is -2.67. The molecule has 2 saturated carbocycles. The van der Waals surface area contributed by atoms with Crippen LogP contribution in [0.4, 0.5) is 0 Å². The average molecular weight is 396 g/mol. The van der Waals surface area contributed by atoms with Gasteiger partial charge in [-0.2, -0.15) is 0 Å². The normalized spacial score (nSPS) is 19.9. The number of piperazine rings is 1. The number of benzene rings is 1. The zero-order valence-corrected chi connectivity index (χ0v) is 16.6. The van der Waals surface area contributed by atoms with Crippen LogP contribution in [-0.2, 0) is 9.59 Å². The van der Waals surface area contributed by atoms with Crippen molar-refractivity contribution in [2.75, 3.05) is 32.7 Å². The summed E-state index contributed by atoms with van der Waals surface area (Å²) in [5.41, 5.74) is 1.53. The van der Waals surface area contributed by atoms with Gasteiger partial charge in [-0.15, -0.1) is 0 Å². The first-order valence-corrected chi connectivity index (χ1v) is 10.5. The maximum absolute atomic E-state index is 12.4. The van der Waals surface area contributed by atoms with Crippen molar-refractivity contribution in [3.05, 3.63) is 41.5 Å². The van der Waals surface area contributed by atoms with Gasteiger partial charge in [-0.3, -0.25) is 19.3 Å². The highest BCUT2D eigenvalue weighted by atomic mass is 16.2. The topological polar surface area (TPSA) is 81.8 Å². The molecule has 7 nitrogen and oxygen atoms in total. The van der Waals surface area contributed by atoms with Crippen LogP contribution in [0.3, 0.4) is 0 Å². The van der Waals surface area contributed by atoms with Crippen molar-refractivity contribution in [1.29, 1.82) is 0 Å². The molecule has 0 unspecified atom stereocenters. The molecular weight excluding hydrogens is 368 g/mol. The number of nitrogens with one attached hydrogen (secondary N) is 2. The van der Waals surface area contributed by atoms with Gasteiger partial charge in [0.05, 0.1) is 6.54 Å². The van der Waals surface area contributed by atoms with E-state index in [2.05, 4.69) is 15.5 Å².